The van der Waals surface area contributed by atoms with Gasteiger partial charge >= 0.3 is 5.97 Å². The van der Waals surface area contributed by atoms with Crippen molar-refractivity contribution in [2.75, 3.05) is 17.7 Å². The third-order valence-corrected chi connectivity index (χ3v) is 8.77. The van der Waals surface area contributed by atoms with Crippen LogP contribution in [-0.2, 0) is 14.8 Å². The molecule has 2 aliphatic rings. The number of hydrogen-bond acceptors (Lipinski definition) is 8. The molecule has 0 spiro atoms. The van der Waals surface area contributed by atoms with E-state index in [1.807, 2.05) is 11.6 Å². The molecule has 2 heterocycles. The number of ether oxygens (including phenoxy) is 1. The van der Waals surface area contributed by atoms with E-state index in [9.17, 15) is 18.0 Å². The highest BCUT2D eigenvalue weighted by Gasteiger charge is 2.39. The van der Waals surface area contributed by atoms with E-state index in [0.717, 1.165) is 25.5 Å². The number of halogens is 3. The Kier molecular flexibility index (Phi) is 8.57. The van der Waals surface area contributed by atoms with Crippen LogP contribution in [0.1, 0.15) is 71.4 Å². The number of esters is 1. The molecule has 9 nitrogen and oxygen atoms in total. The van der Waals surface area contributed by atoms with Gasteiger partial charge in [-0.2, -0.15) is 0 Å². The second-order valence-electron chi connectivity index (χ2n) is 10.3. The van der Waals surface area contributed by atoms with Gasteiger partial charge in [-0.15, -0.1) is 0 Å². The number of sulfonamides is 1. The average Bonchev–Trinajstić information content (AvgIpc) is 3.66. The normalized spacial score (nSPS) is 19.2. The predicted molar refractivity (Wildman–Crippen MR) is 158 cm³/mol. The van der Waals surface area contributed by atoms with Crippen LogP contribution in [0.4, 0.5) is 5.69 Å². The molecule has 0 bridgehead atoms. The summed E-state index contributed by atoms with van der Waals surface area (Å²) in [5.41, 5.74) is 1.83. The molecule has 1 saturated carbocycles. The number of aromatic nitrogens is 1. The van der Waals surface area contributed by atoms with Gasteiger partial charge in [-0.05, 0) is 49.6 Å². The number of anilines is 1. The standard InChI is InChI=1S/C28H28Cl3N3O6S/c1-3-17-14-18(11-12-34(17)22-10-9-16(13-21(22)31)27(35)33-41(2,37)38)39-28(36)24-25(32-40-26(24)15-7-8-15)23-19(29)5-4-6-20(23)30/h4-6,9-10,13,15,17-18H,3,7-8,11-12,14H2,1-2H3,(H,33,35)/t17-,18-/m1/s1. The van der Waals surface area contributed by atoms with Gasteiger partial charge in [0.2, 0.25) is 10.0 Å². The third kappa shape index (κ3) is 6.51. The van der Waals surface area contributed by atoms with E-state index < -0.39 is 21.9 Å². The lowest BCUT2D eigenvalue weighted by Crippen LogP contribution is -2.45. The van der Waals surface area contributed by atoms with Crippen LogP contribution < -0.4 is 9.62 Å². The molecule has 1 N–H and O–H groups in total. The average molecular weight is 641 g/mol. The van der Waals surface area contributed by atoms with Crippen LogP contribution in [0.15, 0.2) is 40.9 Å². The Labute approximate surface area is 253 Å². The smallest absolute Gasteiger partial charge is 0.344 e. The maximum absolute atomic E-state index is 13.6. The van der Waals surface area contributed by atoms with Crippen LogP contribution >= 0.6 is 34.8 Å². The molecule has 3 aromatic rings. The summed E-state index contributed by atoms with van der Waals surface area (Å²) >= 11 is 19.4. The molecule has 2 atom stereocenters. The number of piperidine rings is 1. The largest absolute Gasteiger partial charge is 0.458 e. The Balaban J connectivity index is 1.33. The van der Waals surface area contributed by atoms with E-state index in [-0.39, 0.29) is 34.9 Å². The zero-order valence-electron chi connectivity index (χ0n) is 22.3. The van der Waals surface area contributed by atoms with Crippen LogP contribution in [0.25, 0.3) is 11.3 Å². The van der Waals surface area contributed by atoms with E-state index in [2.05, 4.69) is 10.1 Å². The van der Waals surface area contributed by atoms with Crippen molar-refractivity contribution in [3.8, 4) is 11.3 Å². The molecule has 1 saturated heterocycles. The first-order chi connectivity index (χ1) is 19.5. The Bertz CT molecular complexity index is 1580. The number of benzene rings is 2. The first-order valence-electron chi connectivity index (χ1n) is 13.2. The highest BCUT2D eigenvalue weighted by atomic mass is 35.5. The lowest BCUT2D eigenvalue weighted by atomic mass is 9.96. The minimum atomic E-state index is -3.70. The molecule has 5 rings (SSSR count). The van der Waals surface area contributed by atoms with Gasteiger partial charge in [0.05, 0.1) is 27.0 Å². The number of nitrogens with zero attached hydrogens (tertiary/aromatic N) is 2. The van der Waals surface area contributed by atoms with Crippen LogP contribution in [0.5, 0.6) is 0 Å². The van der Waals surface area contributed by atoms with E-state index >= 15 is 0 Å². The van der Waals surface area contributed by atoms with Crippen molar-refractivity contribution >= 4 is 62.4 Å². The molecule has 218 valence electrons. The van der Waals surface area contributed by atoms with Gasteiger partial charge < -0.3 is 14.2 Å². The van der Waals surface area contributed by atoms with E-state index in [1.54, 1.807) is 24.3 Å². The maximum atomic E-state index is 13.6. The Hall–Kier alpha value is -2.79. The summed E-state index contributed by atoms with van der Waals surface area (Å²) in [6.07, 6.45) is 4.20. The fourth-order valence-corrected chi connectivity index (χ4v) is 6.48. The molecule has 1 aliphatic carbocycles. The van der Waals surface area contributed by atoms with Crippen molar-refractivity contribution in [2.45, 2.75) is 57.1 Å². The van der Waals surface area contributed by atoms with Gasteiger partial charge in [0, 0.05) is 42.5 Å². The Morgan fingerprint density at radius 1 is 1.10 bits per heavy atom. The molecule has 13 heteroatoms. The summed E-state index contributed by atoms with van der Waals surface area (Å²) in [4.78, 5) is 28.0. The summed E-state index contributed by atoms with van der Waals surface area (Å²) < 4.78 is 36.5. The molecule has 1 amide bonds. The Morgan fingerprint density at radius 3 is 2.41 bits per heavy atom. The minimum absolute atomic E-state index is 0.00222. The lowest BCUT2D eigenvalue weighted by molar-refractivity contribution is 0.0206. The van der Waals surface area contributed by atoms with Gasteiger partial charge in [0.1, 0.15) is 17.4 Å². The molecule has 0 radical (unpaired) electrons. The molecule has 1 aliphatic heterocycles. The molecule has 41 heavy (non-hydrogen) atoms. The van der Waals surface area contributed by atoms with Crippen molar-refractivity contribution in [1.29, 1.82) is 0 Å². The second kappa shape index (κ2) is 11.8. The van der Waals surface area contributed by atoms with E-state index in [4.69, 9.17) is 44.1 Å². The second-order valence-corrected chi connectivity index (χ2v) is 13.3. The van der Waals surface area contributed by atoms with Gasteiger partial charge in [-0.25, -0.2) is 17.9 Å². The summed E-state index contributed by atoms with van der Waals surface area (Å²) in [7, 11) is -3.70. The summed E-state index contributed by atoms with van der Waals surface area (Å²) in [5, 5.41) is 5.22. The number of carbonyl (C=O) groups is 2. The van der Waals surface area contributed by atoms with Gasteiger partial charge in [-0.3, -0.25) is 4.79 Å². The molecule has 2 aromatic carbocycles. The van der Waals surface area contributed by atoms with Crippen molar-refractivity contribution in [3.05, 3.63) is 68.4 Å². The first kappa shape index (κ1) is 29.7. The van der Waals surface area contributed by atoms with Crippen molar-refractivity contribution in [3.63, 3.8) is 0 Å². The fourth-order valence-electron chi connectivity index (χ4n) is 5.16. The minimum Gasteiger partial charge on any atom is -0.458 e. The highest BCUT2D eigenvalue weighted by molar-refractivity contribution is 7.89. The van der Waals surface area contributed by atoms with E-state index in [1.165, 1.54) is 12.1 Å². The predicted octanol–water partition coefficient (Wildman–Crippen LogP) is 6.47. The monoisotopic (exact) mass is 639 g/mol. The van der Waals surface area contributed by atoms with Crippen LogP contribution in [0.3, 0.4) is 0 Å². The molecule has 1 aromatic heterocycles. The van der Waals surface area contributed by atoms with Crippen LogP contribution in [0.2, 0.25) is 15.1 Å². The van der Waals surface area contributed by atoms with Gasteiger partial charge in [0.15, 0.2) is 5.76 Å². The van der Waals surface area contributed by atoms with Gasteiger partial charge in [0.25, 0.3) is 5.91 Å². The summed E-state index contributed by atoms with van der Waals surface area (Å²) in [5.74, 6) is -0.672. The quantitative estimate of drug-likeness (QED) is 0.278. The van der Waals surface area contributed by atoms with Crippen LogP contribution in [-0.4, -0.2) is 50.4 Å². The number of amides is 1. The lowest BCUT2D eigenvalue weighted by Gasteiger charge is -2.40. The fraction of sp³-hybridized carbons (Fsp3) is 0.393. The summed E-state index contributed by atoms with van der Waals surface area (Å²) in [6, 6.07) is 9.76. The molecular weight excluding hydrogens is 613 g/mol. The summed E-state index contributed by atoms with van der Waals surface area (Å²) in [6.45, 7) is 2.58. The maximum Gasteiger partial charge on any atom is 0.344 e. The SMILES string of the molecule is CC[C@@H]1C[C@H](OC(=O)c2c(-c3c(Cl)cccc3Cl)noc2C2CC2)CCN1c1ccc(C(=O)NS(C)(=O)=O)cc1Cl. The third-order valence-electron chi connectivity index (χ3n) is 7.28. The molecular formula is C28H28Cl3N3O6S. The van der Waals surface area contributed by atoms with Crippen molar-refractivity contribution in [2.24, 2.45) is 0 Å². The Morgan fingerprint density at radius 2 is 1.80 bits per heavy atom. The molecule has 0 unspecified atom stereocenters. The van der Waals surface area contributed by atoms with E-state index in [0.29, 0.717) is 51.5 Å². The number of nitrogens with one attached hydrogen (secondary N) is 1. The number of carbonyl (C=O) groups excluding carboxylic acids is 2. The van der Waals surface area contributed by atoms with Gasteiger partial charge in [-0.1, -0.05) is 52.9 Å². The van der Waals surface area contributed by atoms with Crippen LogP contribution in [0, 0.1) is 0 Å². The highest BCUT2D eigenvalue weighted by Crippen LogP contribution is 2.46. The zero-order chi connectivity index (χ0) is 29.5. The molecule has 2 fully saturated rings. The number of rotatable bonds is 8. The topological polar surface area (TPSA) is 119 Å². The van der Waals surface area contributed by atoms with Crippen molar-refractivity contribution in [1.82, 2.24) is 9.88 Å². The zero-order valence-corrected chi connectivity index (χ0v) is 25.4. The number of hydrogen-bond donors (Lipinski definition) is 1. The first-order valence-corrected chi connectivity index (χ1v) is 16.2. The van der Waals surface area contributed by atoms with Crippen molar-refractivity contribution < 1.29 is 27.3 Å².